The number of hydrogen-bond acceptors (Lipinski definition) is 2. The maximum Gasteiger partial charge on any atom is 0.207 e. The topological polar surface area (TPSA) is 18.5 Å². The van der Waals surface area contributed by atoms with Gasteiger partial charge in [-0.2, -0.15) is 8.78 Å². The van der Waals surface area contributed by atoms with Crippen LogP contribution < -0.4 is 20.4 Å². The molecule has 0 amide bonds. The first-order chi connectivity index (χ1) is 11.2. The highest BCUT2D eigenvalue weighted by atomic mass is 19.2. The van der Waals surface area contributed by atoms with Gasteiger partial charge < -0.3 is 9.47 Å². The second-order valence-electron chi connectivity index (χ2n) is 4.45. The Hall–Kier alpha value is -2.39. The first kappa shape index (κ1) is 18.0. The Bertz CT molecular complexity index is 782. The van der Waals surface area contributed by atoms with Gasteiger partial charge in [0, 0.05) is 6.07 Å². The smallest absolute Gasteiger partial charge is 0.207 e. The summed E-state index contributed by atoms with van der Waals surface area (Å²) in [4.78, 5) is 0. The molecule has 0 atom stereocenters. The van der Waals surface area contributed by atoms with E-state index in [0.717, 1.165) is 14.2 Å². The number of benzene rings is 2. The standard InChI is InChI=1S/C14H7BF7O2/c1-23-5-3-4(16)8(17)6(9(5)18)15-7-10(19)12(21)14(24-2)13(22)11(7)20/h3H,1-2H3. The predicted molar refractivity (Wildman–Crippen MR) is 70.7 cm³/mol. The molecule has 2 rings (SSSR count). The minimum absolute atomic E-state index is 0.0898. The molecule has 0 bridgehead atoms. The lowest BCUT2D eigenvalue weighted by atomic mass is 9.62. The summed E-state index contributed by atoms with van der Waals surface area (Å²) in [5.74, 6) is -14.8. The third kappa shape index (κ3) is 2.76. The van der Waals surface area contributed by atoms with Crippen molar-refractivity contribution < 1.29 is 40.2 Å². The Labute approximate surface area is 132 Å². The van der Waals surface area contributed by atoms with Gasteiger partial charge in [0.25, 0.3) is 0 Å². The van der Waals surface area contributed by atoms with E-state index >= 15 is 0 Å². The van der Waals surface area contributed by atoms with Crippen molar-refractivity contribution in [3.8, 4) is 11.5 Å². The summed E-state index contributed by atoms with van der Waals surface area (Å²) in [6.07, 6.45) is 0. The zero-order chi connectivity index (χ0) is 18.2. The van der Waals surface area contributed by atoms with E-state index in [1.165, 1.54) is 0 Å². The van der Waals surface area contributed by atoms with E-state index < -0.39 is 63.1 Å². The molecule has 0 saturated carbocycles. The van der Waals surface area contributed by atoms with Gasteiger partial charge in [-0.3, -0.25) is 0 Å². The molecule has 0 aliphatic carbocycles. The molecule has 0 heterocycles. The van der Waals surface area contributed by atoms with Gasteiger partial charge in [-0.15, -0.1) is 0 Å². The van der Waals surface area contributed by atoms with Crippen LogP contribution in [0.2, 0.25) is 0 Å². The second kappa shape index (κ2) is 6.62. The van der Waals surface area contributed by atoms with Crippen molar-refractivity contribution in [1.82, 2.24) is 0 Å². The van der Waals surface area contributed by atoms with Crippen molar-refractivity contribution in [2.45, 2.75) is 0 Å². The van der Waals surface area contributed by atoms with Gasteiger partial charge in [-0.25, -0.2) is 22.0 Å². The van der Waals surface area contributed by atoms with Crippen LogP contribution in [0.25, 0.3) is 0 Å². The fraction of sp³-hybridized carbons (Fsp3) is 0.143. The van der Waals surface area contributed by atoms with Gasteiger partial charge in [0.05, 0.1) is 14.2 Å². The molecule has 2 nitrogen and oxygen atoms in total. The van der Waals surface area contributed by atoms with E-state index in [1.807, 2.05) is 0 Å². The molecule has 0 N–H and O–H groups in total. The highest BCUT2D eigenvalue weighted by Gasteiger charge is 2.29. The van der Waals surface area contributed by atoms with E-state index in [9.17, 15) is 30.7 Å². The van der Waals surface area contributed by atoms with Gasteiger partial charge >= 0.3 is 0 Å². The van der Waals surface area contributed by atoms with Crippen molar-refractivity contribution in [2.75, 3.05) is 14.2 Å². The van der Waals surface area contributed by atoms with Crippen LogP contribution in [0.1, 0.15) is 0 Å². The molecule has 0 fully saturated rings. The van der Waals surface area contributed by atoms with Crippen molar-refractivity contribution in [3.63, 3.8) is 0 Å². The van der Waals surface area contributed by atoms with Crippen molar-refractivity contribution in [3.05, 3.63) is 46.8 Å². The molecule has 0 aromatic heterocycles. The van der Waals surface area contributed by atoms with Crippen LogP contribution in [0.5, 0.6) is 11.5 Å². The zero-order valence-electron chi connectivity index (χ0n) is 12.1. The van der Waals surface area contributed by atoms with Crippen molar-refractivity contribution in [2.24, 2.45) is 0 Å². The van der Waals surface area contributed by atoms with Crippen LogP contribution in [-0.4, -0.2) is 21.5 Å². The van der Waals surface area contributed by atoms with Gasteiger partial charge in [-0.1, -0.05) is 0 Å². The molecule has 0 aliphatic heterocycles. The molecule has 127 valence electrons. The number of methoxy groups -OCH3 is 2. The fourth-order valence-electron chi connectivity index (χ4n) is 1.95. The Morgan fingerprint density at radius 2 is 1.17 bits per heavy atom. The monoisotopic (exact) mass is 351 g/mol. The lowest BCUT2D eigenvalue weighted by Crippen LogP contribution is -2.38. The number of halogens is 7. The highest BCUT2D eigenvalue weighted by Crippen LogP contribution is 2.25. The Balaban J connectivity index is 2.68. The van der Waals surface area contributed by atoms with Crippen molar-refractivity contribution in [1.29, 1.82) is 0 Å². The van der Waals surface area contributed by atoms with Crippen LogP contribution in [-0.2, 0) is 0 Å². The van der Waals surface area contributed by atoms with E-state index in [4.69, 9.17) is 0 Å². The molecule has 24 heavy (non-hydrogen) atoms. The summed E-state index contributed by atoms with van der Waals surface area (Å²) < 4.78 is 105. The average molecular weight is 351 g/mol. The van der Waals surface area contributed by atoms with E-state index in [1.54, 1.807) is 0 Å². The molecule has 10 heteroatoms. The lowest BCUT2D eigenvalue weighted by Gasteiger charge is -2.13. The highest BCUT2D eigenvalue weighted by molar-refractivity contribution is 6.67. The summed E-state index contributed by atoms with van der Waals surface area (Å²) in [6, 6.07) is 0.365. The summed E-state index contributed by atoms with van der Waals surface area (Å²) in [5, 5.41) is 0. The molecule has 2 aromatic rings. The van der Waals surface area contributed by atoms with Crippen LogP contribution in [0.3, 0.4) is 0 Å². The zero-order valence-corrected chi connectivity index (χ0v) is 12.1. The summed E-state index contributed by atoms with van der Waals surface area (Å²) in [7, 11) is 1.79. The number of rotatable bonds is 4. The van der Waals surface area contributed by atoms with E-state index in [2.05, 4.69) is 9.47 Å². The van der Waals surface area contributed by atoms with Gasteiger partial charge in [0.1, 0.15) is 0 Å². The summed E-state index contributed by atoms with van der Waals surface area (Å²) in [5.41, 5.74) is -2.72. The minimum atomic E-state index is -1.97. The van der Waals surface area contributed by atoms with E-state index in [-0.39, 0.29) is 7.28 Å². The minimum Gasteiger partial charge on any atom is -0.494 e. The Kier molecular flexibility index (Phi) is 4.95. The fourth-order valence-corrected chi connectivity index (χ4v) is 1.95. The third-order valence-electron chi connectivity index (χ3n) is 3.13. The summed E-state index contributed by atoms with van der Waals surface area (Å²) in [6.45, 7) is 0. The molecule has 0 spiro atoms. The van der Waals surface area contributed by atoms with Crippen molar-refractivity contribution >= 4 is 18.2 Å². The van der Waals surface area contributed by atoms with Gasteiger partial charge in [0.2, 0.25) is 18.9 Å². The molecule has 0 saturated heterocycles. The van der Waals surface area contributed by atoms with Crippen LogP contribution in [0.4, 0.5) is 30.7 Å². The lowest BCUT2D eigenvalue weighted by molar-refractivity contribution is 0.335. The first-order valence-electron chi connectivity index (χ1n) is 6.20. The summed E-state index contributed by atoms with van der Waals surface area (Å²) >= 11 is 0. The van der Waals surface area contributed by atoms with Gasteiger partial charge in [0.15, 0.2) is 40.6 Å². The Morgan fingerprint density at radius 1 is 0.667 bits per heavy atom. The van der Waals surface area contributed by atoms with Crippen LogP contribution in [0.15, 0.2) is 6.07 Å². The Morgan fingerprint density at radius 3 is 1.62 bits per heavy atom. The first-order valence-corrected chi connectivity index (χ1v) is 6.20. The molecule has 1 radical (unpaired) electrons. The quantitative estimate of drug-likeness (QED) is 0.478. The normalized spacial score (nSPS) is 10.7. The molecule has 2 aromatic carbocycles. The molecular formula is C14H7BF7O2. The number of ether oxygens (including phenoxy) is 2. The molecule has 0 unspecified atom stereocenters. The van der Waals surface area contributed by atoms with E-state index in [0.29, 0.717) is 6.07 Å². The SMILES string of the molecule is COc1cc(F)c(F)c([B]c2c(F)c(F)c(OC)c(F)c2F)c1F. The molecular weight excluding hydrogens is 344 g/mol. The molecule has 0 aliphatic rings. The maximum atomic E-state index is 14.0. The van der Waals surface area contributed by atoms with Crippen LogP contribution >= 0.6 is 0 Å². The number of hydrogen-bond donors (Lipinski definition) is 0. The largest absolute Gasteiger partial charge is 0.494 e. The average Bonchev–Trinajstić information content (AvgIpc) is 2.56. The van der Waals surface area contributed by atoms with Gasteiger partial charge in [-0.05, 0) is 10.9 Å². The van der Waals surface area contributed by atoms with Crippen LogP contribution in [0, 0.1) is 40.7 Å². The third-order valence-corrected chi connectivity index (χ3v) is 3.13. The second-order valence-corrected chi connectivity index (χ2v) is 4.45. The maximum absolute atomic E-state index is 14.0. The predicted octanol–water partition coefficient (Wildman–Crippen LogP) is 2.33.